The fourth-order valence-corrected chi connectivity index (χ4v) is 5.01. The first-order valence-electron chi connectivity index (χ1n) is 9.49. The maximum atomic E-state index is 12.7. The number of nitro benzene ring substituents is 1. The van der Waals surface area contributed by atoms with Gasteiger partial charge in [0.15, 0.2) is 0 Å². The zero-order valence-electron chi connectivity index (χ0n) is 16.6. The molecule has 1 saturated carbocycles. The highest BCUT2D eigenvalue weighted by Gasteiger charge is 2.29. The van der Waals surface area contributed by atoms with Crippen LogP contribution < -0.4 is 4.72 Å². The average molecular weight is 441 g/mol. The standard InChI is InChI=1S/C19H25ClN4O4S/c1-19(2,3)17-11-21-18(22-17)12-4-6-13(7-5-12)23-29(27,28)14-8-9-15(20)16(10-14)24(25)26/h8-13,23H,4-7H2,1-3H3,(H,21,22). The van der Waals surface area contributed by atoms with E-state index in [0.717, 1.165) is 30.4 Å². The summed E-state index contributed by atoms with van der Waals surface area (Å²) in [7, 11) is -3.87. The number of hydrogen-bond donors (Lipinski definition) is 2. The minimum absolute atomic E-state index is 0.000717. The predicted molar refractivity (Wildman–Crippen MR) is 111 cm³/mol. The van der Waals surface area contributed by atoms with Crippen LogP contribution in [0.2, 0.25) is 5.02 Å². The van der Waals surface area contributed by atoms with Crippen molar-refractivity contribution in [2.24, 2.45) is 0 Å². The normalized spacial score (nSPS) is 20.6. The number of benzene rings is 1. The average Bonchev–Trinajstić information content (AvgIpc) is 3.12. The van der Waals surface area contributed by atoms with Crippen LogP contribution in [0.25, 0.3) is 0 Å². The van der Waals surface area contributed by atoms with Gasteiger partial charge in [0.25, 0.3) is 5.69 Å². The van der Waals surface area contributed by atoms with Crippen molar-refractivity contribution in [3.05, 3.63) is 51.1 Å². The lowest BCUT2D eigenvalue weighted by Gasteiger charge is -2.28. The molecule has 0 unspecified atom stereocenters. The fourth-order valence-electron chi connectivity index (χ4n) is 3.50. The number of nitrogens with zero attached hydrogens (tertiary/aromatic N) is 2. The number of aromatic nitrogens is 2. The number of imidazole rings is 1. The molecule has 1 fully saturated rings. The van der Waals surface area contributed by atoms with Crippen molar-refractivity contribution in [3.63, 3.8) is 0 Å². The predicted octanol–water partition coefficient (Wildman–Crippen LogP) is 4.27. The topological polar surface area (TPSA) is 118 Å². The second-order valence-electron chi connectivity index (χ2n) is 8.47. The van der Waals surface area contributed by atoms with Crippen LogP contribution in [0.3, 0.4) is 0 Å². The van der Waals surface area contributed by atoms with Gasteiger partial charge < -0.3 is 4.98 Å². The molecule has 0 radical (unpaired) electrons. The summed E-state index contributed by atoms with van der Waals surface area (Å²) >= 11 is 5.77. The van der Waals surface area contributed by atoms with Crippen molar-refractivity contribution in [1.82, 2.24) is 14.7 Å². The number of rotatable bonds is 5. The van der Waals surface area contributed by atoms with Crippen molar-refractivity contribution in [1.29, 1.82) is 0 Å². The Kier molecular flexibility index (Phi) is 6.03. The number of aromatic amines is 1. The molecule has 0 atom stereocenters. The van der Waals surface area contributed by atoms with Crippen LogP contribution in [0.4, 0.5) is 5.69 Å². The van der Waals surface area contributed by atoms with E-state index in [1.54, 1.807) is 0 Å². The molecular weight excluding hydrogens is 416 g/mol. The molecule has 29 heavy (non-hydrogen) atoms. The summed E-state index contributed by atoms with van der Waals surface area (Å²) in [5, 5.41) is 10.9. The van der Waals surface area contributed by atoms with Crippen molar-refractivity contribution in [3.8, 4) is 0 Å². The van der Waals surface area contributed by atoms with Gasteiger partial charge in [-0.2, -0.15) is 0 Å². The molecule has 10 heteroatoms. The third kappa shape index (κ3) is 4.96. The summed E-state index contributed by atoms with van der Waals surface area (Å²) in [6, 6.07) is 3.28. The highest BCUT2D eigenvalue weighted by Crippen LogP contribution is 2.33. The zero-order valence-corrected chi connectivity index (χ0v) is 18.2. The van der Waals surface area contributed by atoms with Crippen molar-refractivity contribution in [2.45, 2.75) is 68.7 Å². The third-order valence-corrected chi connectivity index (χ3v) is 7.10. The lowest BCUT2D eigenvalue weighted by molar-refractivity contribution is -0.384. The molecule has 0 saturated heterocycles. The molecule has 0 bridgehead atoms. The molecular formula is C19H25ClN4O4S. The molecule has 0 spiro atoms. The van der Waals surface area contributed by atoms with Crippen LogP contribution in [0.1, 0.15) is 63.9 Å². The second-order valence-corrected chi connectivity index (χ2v) is 10.6. The molecule has 0 amide bonds. The molecule has 8 nitrogen and oxygen atoms in total. The van der Waals surface area contributed by atoms with Crippen LogP contribution >= 0.6 is 11.6 Å². The molecule has 1 aliphatic carbocycles. The van der Waals surface area contributed by atoms with Crippen molar-refractivity contribution in [2.75, 3.05) is 0 Å². The van der Waals surface area contributed by atoms with E-state index in [9.17, 15) is 18.5 Å². The summed E-state index contributed by atoms with van der Waals surface area (Å²) in [6.45, 7) is 6.37. The molecule has 3 rings (SSSR count). The lowest BCUT2D eigenvalue weighted by Crippen LogP contribution is -2.37. The van der Waals surface area contributed by atoms with E-state index in [2.05, 4.69) is 35.5 Å². The Bertz CT molecular complexity index is 1010. The van der Waals surface area contributed by atoms with Crippen molar-refractivity contribution >= 4 is 27.3 Å². The van der Waals surface area contributed by atoms with E-state index in [0.29, 0.717) is 12.8 Å². The number of halogens is 1. The van der Waals surface area contributed by atoms with E-state index in [-0.39, 0.29) is 27.3 Å². The minimum Gasteiger partial charge on any atom is -0.345 e. The quantitative estimate of drug-likeness (QED) is 0.531. The van der Waals surface area contributed by atoms with Crippen LogP contribution in [-0.4, -0.2) is 29.4 Å². The van der Waals surface area contributed by atoms with Gasteiger partial charge in [-0.1, -0.05) is 32.4 Å². The highest BCUT2D eigenvalue weighted by molar-refractivity contribution is 7.89. The summed E-state index contributed by atoms with van der Waals surface area (Å²) in [5.41, 5.74) is 0.657. The number of nitrogens with one attached hydrogen (secondary N) is 2. The van der Waals surface area contributed by atoms with Gasteiger partial charge in [-0.15, -0.1) is 0 Å². The number of nitro groups is 1. The Morgan fingerprint density at radius 3 is 2.45 bits per heavy atom. The Morgan fingerprint density at radius 2 is 1.90 bits per heavy atom. The Balaban J connectivity index is 1.65. The van der Waals surface area contributed by atoms with E-state index in [1.807, 2.05) is 6.20 Å². The Morgan fingerprint density at radius 1 is 1.24 bits per heavy atom. The smallest absolute Gasteiger partial charge is 0.289 e. The summed E-state index contributed by atoms with van der Waals surface area (Å²) in [4.78, 5) is 18.1. The molecule has 2 aromatic rings. The van der Waals surface area contributed by atoms with Crippen LogP contribution in [0.15, 0.2) is 29.3 Å². The lowest BCUT2D eigenvalue weighted by atomic mass is 9.86. The van der Waals surface area contributed by atoms with Gasteiger partial charge in [0.05, 0.1) is 9.82 Å². The first-order valence-corrected chi connectivity index (χ1v) is 11.3. The second kappa shape index (κ2) is 8.04. The third-order valence-electron chi connectivity index (χ3n) is 5.26. The fraction of sp³-hybridized carbons (Fsp3) is 0.526. The van der Waals surface area contributed by atoms with Crippen LogP contribution in [0, 0.1) is 10.1 Å². The maximum Gasteiger partial charge on any atom is 0.289 e. The van der Waals surface area contributed by atoms with E-state index in [1.165, 1.54) is 12.1 Å². The van der Waals surface area contributed by atoms with Gasteiger partial charge in [0.2, 0.25) is 10.0 Å². The molecule has 0 aliphatic heterocycles. The molecule has 1 heterocycles. The monoisotopic (exact) mass is 440 g/mol. The molecule has 1 aromatic carbocycles. The molecule has 1 aliphatic rings. The zero-order chi connectivity index (χ0) is 21.4. The first kappa shape index (κ1) is 21.7. The molecule has 158 valence electrons. The summed E-state index contributed by atoms with van der Waals surface area (Å²) in [5.74, 6) is 1.22. The van der Waals surface area contributed by atoms with E-state index < -0.39 is 20.6 Å². The molecule has 2 N–H and O–H groups in total. The summed E-state index contributed by atoms with van der Waals surface area (Å²) < 4.78 is 28.0. The summed E-state index contributed by atoms with van der Waals surface area (Å²) in [6.07, 6.45) is 4.84. The molecule has 1 aromatic heterocycles. The largest absolute Gasteiger partial charge is 0.345 e. The van der Waals surface area contributed by atoms with Gasteiger partial charge in [0, 0.05) is 35.3 Å². The van der Waals surface area contributed by atoms with Crippen LogP contribution in [-0.2, 0) is 15.4 Å². The van der Waals surface area contributed by atoms with Gasteiger partial charge >= 0.3 is 0 Å². The van der Waals surface area contributed by atoms with E-state index in [4.69, 9.17) is 11.6 Å². The number of sulfonamides is 1. The maximum absolute atomic E-state index is 12.7. The van der Waals surface area contributed by atoms with Gasteiger partial charge in [-0.05, 0) is 37.8 Å². The SMILES string of the molecule is CC(C)(C)c1cnc(C2CCC(NS(=O)(=O)c3ccc(Cl)c([N+](=O)[O-])c3)CC2)[nH]1. The van der Waals surface area contributed by atoms with E-state index >= 15 is 0 Å². The first-order chi connectivity index (χ1) is 13.5. The van der Waals surface area contributed by atoms with Gasteiger partial charge in [0.1, 0.15) is 10.8 Å². The Hall–Kier alpha value is -1.97. The van der Waals surface area contributed by atoms with Crippen molar-refractivity contribution < 1.29 is 13.3 Å². The number of H-pyrrole nitrogens is 1. The van der Waals surface area contributed by atoms with Gasteiger partial charge in [-0.3, -0.25) is 10.1 Å². The van der Waals surface area contributed by atoms with Crippen LogP contribution in [0.5, 0.6) is 0 Å². The number of hydrogen-bond acceptors (Lipinski definition) is 5. The Labute approximate surface area is 175 Å². The highest BCUT2D eigenvalue weighted by atomic mass is 35.5. The minimum atomic E-state index is -3.87. The van der Waals surface area contributed by atoms with Gasteiger partial charge in [-0.25, -0.2) is 18.1 Å².